The molecule has 0 saturated heterocycles. The van der Waals surface area contributed by atoms with Gasteiger partial charge in [-0.05, 0) is 37.2 Å². The maximum absolute atomic E-state index is 12.5. The van der Waals surface area contributed by atoms with Crippen molar-refractivity contribution in [2.24, 2.45) is 12.8 Å². The van der Waals surface area contributed by atoms with Gasteiger partial charge < -0.3 is 10.3 Å². The Bertz CT molecular complexity index is 540. The molecule has 0 aliphatic rings. The van der Waals surface area contributed by atoms with Crippen molar-refractivity contribution in [1.29, 1.82) is 0 Å². The predicted molar refractivity (Wildman–Crippen MR) is 60.7 cm³/mol. The van der Waals surface area contributed by atoms with E-state index in [9.17, 15) is 13.2 Å². The van der Waals surface area contributed by atoms with Crippen molar-refractivity contribution in [2.45, 2.75) is 12.6 Å². The minimum Gasteiger partial charge on any atom is -0.348 e. The van der Waals surface area contributed by atoms with Crippen LogP contribution in [0.25, 0.3) is 10.9 Å². The zero-order chi connectivity index (χ0) is 12.6. The Labute approximate surface area is 96.8 Å². The lowest BCUT2D eigenvalue weighted by Gasteiger charge is -2.06. The first kappa shape index (κ1) is 12.0. The van der Waals surface area contributed by atoms with Gasteiger partial charge >= 0.3 is 6.18 Å². The van der Waals surface area contributed by atoms with Crippen molar-refractivity contribution in [2.75, 3.05) is 6.54 Å². The molecule has 2 nitrogen and oxygen atoms in total. The lowest BCUT2D eigenvalue weighted by molar-refractivity contribution is -0.137. The molecule has 2 rings (SSSR count). The number of fused-ring (bicyclic) bond motifs is 1. The van der Waals surface area contributed by atoms with Crippen LogP contribution in [0.15, 0.2) is 24.3 Å². The van der Waals surface area contributed by atoms with Gasteiger partial charge in [-0.3, -0.25) is 0 Å². The maximum atomic E-state index is 12.5. The number of aryl methyl sites for hydroxylation is 1. The standard InChI is InChI=1S/C12H13F3N2/c1-17-10(4-5-16)7-8-6-9(12(13,14)15)2-3-11(8)17/h2-3,6-7H,4-5,16H2,1H3. The lowest BCUT2D eigenvalue weighted by Crippen LogP contribution is -2.06. The van der Waals surface area contributed by atoms with Crippen LogP contribution in [-0.2, 0) is 19.6 Å². The molecule has 0 spiro atoms. The summed E-state index contributed by atoms with van der Waals surface area (Å²) in [6, 6.07) is 5.54. The van der Waals surface area contributed by atoms with Crippen LogP contribution < -0.4 is 5.73 Å². The van der Waals surface area contributed by atoms with Crippen molar-refractivity contribution in [1.82, 2.24) is 4.57 Å². The average Bonchev–Trinajstić information content (AvgIpc) is 2.55. The fourth-order valence-electron chi connectivity index (χ4n) is 1.97. The summed E-state index contributed by atoms with van der Waals surface area (Å²) in [5, 5.41) is 0.603. The van der Waals surface area contributed by atoms with E-state index in [1.165, 1.54) is 12.1 Å². The molecule has 0 atom stereocenters. The normalized spacial score (nSPS) is 12.3. The van der Waals surface area contributed by atoms with Crippen molar-refractivity contribution in [3.8, 4) is 0 Å². The van der Waals surface area contributed by atoms with E-state index in [0.717, 1.165) is 17.3 Å². The molecule has 1 aromatic heterocycles. The first-order valence-corrected chi connectivity index (χ1v) is 5.29. The van der Waals surface area contributed by atoms with E-state index in [1.54, 1.807) is 6.07 Å². The SMILES string of the molecule is Cn1c(CCN)cc2cc(C(F)(F)F)ccc21. The highest BCUT2D eigenvalue weighted by atomic mass is 19.4. The molecule has 0 fully saturated rings. The molecule has 0 amide bonds. The Hall–Kier alpha value is -1.49. The third kappa shape index (κ3) is 2.15. The highest BCUT2D eigenvalue weighted by Gasteiger charge is 2.30. The molecular weight excluding hydrogens is 229 g/mol. The smallest absolute Gasteiger partial charge is 0.348 e. The summed E-state index contributed by atoms with van der Waals surface area (Å²) in [4.78, 5) is 0. The summed E-state index contributed by atoms with van der Waals surface area (Å²) < 4.78 is 39.5. The molecule has 2 N–H and O–H groups in total. The van der Waals surface area contributed by atoms with Crippen LogP contribution in [0.1, 0.15) is 11.3 Å². The second-order valence-electron chi connectivity index (χ2n) is 4.00. The second kappa shape index (κ2) is 4.07. The fraction of sp³-hybridized carbons (Fsp3) is 0.333. The Balaban J connectivity index is 2.56. The van der Waals surface area contributed by atoms with Crippen molar-refractivity contribution < 1.29 is 13.2 Å². The van der Waals surface area contributed by atoms with E-state index in [1.807, 2.05) is 11.6 Å². The molecule has 17 heavy (non-hydrogen) atoms. The first-order chi connectivity index (χ1) is 7.93. The van der Waals surface area contributed by atoms with E-state index in [0.29, 0.717) is 18.4 Å². The van der Waals surface area contributed by atoms with Crippen LogP contribution in [0, 0.1) is 0 Å². The highest BCUT2D eigenvalue weighted by molar-refractivity contribution is 5.82. The summed E-state index contributed by atoms with van der Waals surface area (Å²) in [6.45, 7) is 0.482. The molecule has 92 valence electrons. The Morgan fingerprint density at radius 1 is 1.24 bits per heavy atom. The summed E-state index contributed by atoms with van der Waals surface area (Å²) in [6.07, 6.45) is -3.63. The van der Waals surface area contributed by atoms with E-state index in [4.69, 9.17) is 5.73 Å². The number of nitrogens with zero attached hydrogens (tertiary/aromatic N) is 1. The summed E-state index contributed by atoms with van der Waals surface area (Å²) >= 11 is 0. The molecule has 0 unspecified atom stereocenters. The van der Waals surface area contributed by atoms with E-state index < -0.39 is 11.7 Å². The Kier molecular flexibility index (Phi) is 2.87. The first-order valence-electron chi connectivity index (χ1n) is 5.29. The largest absolute Gasteiger partial charge is 0.416 e. The second-order valence-corrected chi connectivity index (χ2v) is 4.00. The highest BCUT2D eigenvalue weighted by Crippen LogP contribution is 2.32. The molecule has 0 aliphatic carbocycles. The quantitative estimate of drug-likeness (QED) is 0.862. The van der Waals surface area contributed by atoms with Gasteiger partial charge in [0.25, 0.3) is 0 Å². The minimum atomic E-state index is -4.29. The van der Waals surface area contributed by atoms with Gasteiger partial charge in [-0.1, -0.05) is 0 Å². The van der Waals surface area contributed by atoms with Gasteiger partial charge in [-0.25, -0.2) is 0 Å². The zero-order valence-electron chi connectivity index (χ0n) is 9.38. The summed E-state index contributed by atoms with van der Waals surface area (Å²) in [5.41, 5.74) is 6.58. The molecule has 5 heteroatoms. The third-order valence-electron chi connectivity index (χ3n) is 2.87. The molecule has 0 saturated carbocycles. The molecule has 0 radical (unpaired) electrons. The molecular formula is C12H13F3N2. The zero-order valence-corrected chi connectivity index (χ0v) is 9.38. The summed E-state index contributed by atoms with van der Waals surface area (Å²) in [5.74, 6) is 0. The van der Waals surface area contributed by atoms with E-state index in [2.05, 4.69) is 0 Å². The minimum absolute atomic E-state index is 0.482. The summed E-state index contributed by atoms with van der Waals surface area (Å²) in [7, 11) is 1.83. The van der Waals surface area contributed by atoms with Gasteiger partial charge in [-0.15, -0.1) is 0 Å². The number of rotatable bonds is 2. The number of halogens is 3. The molecule has 1 aromatic carbocycles. The number of benzene rings is 1. The van der Waals surface area contributed by atoms with Crippen molar-refractivity contribution in [3.63, 3.8) is 0 Å². The van der Waals surface area contributed by atoms with Crippen LogP contribution in [0.2, 0.25) is 0 Å². The number of hydrogen-bond donors (Lipinski definition) is 1. The molecule has 0 aliphatic heterocycles. The Morgan fingerprint density at radius 3 is 2.53 bits per heavy atom. The van der Waals surface area contributed by atoms with Crippen LogP contribution in [0.3, 0.4) is 0 Å². The van der Waals surface area contributed by atoms with Gasteiger partial charge in [0.05, 0.1) is 5.56 Å². The predicted octanol–water partition coefficient (Wildman–Crippen LogP) is 2.70. The topological polar surface area (TPSA) is 30.9 Å². The number of hydrogen-bond acceptors (Lipinski definition) is 1. The average molecular weight is 242 g/mol. The Morgan fingerprint density at radius 2 is 1.94 bits per heavy atom. The van der Waals surface area contributed by atoms with Crippen LogP contribution in [0.4, 0.5) is 13.2 Å². The monoisotopic (exact) mass is 242 g/mol. The van der Waals surface area contributed by atoms with Crippen LogP contribution in [-0.4, -0.2) is 11.1 Å². The maximum Gasteiger partial charge on any atom is 0.416 e. The van der Waals surface area contributed by atoms with Crippen LogP contribution >= 0.6 is 0 Å². The van der Waals surface area contributed by atoms with Gasteiger partial charge in [0, 0.05) is 23.6 Å². The van der Waals surface area contributed by atoms with Gasteiger partial charge in [0.15, 0.2) is 0 Å². The van der Waals surface area contributed by atoms with Crippen molar-refractivity contribution in [3.05, 3.63) is 35.5 Å². The lowest BCUT2D eigenvalue weighted by atomic mass is 10.1. The number of alkyl halides is 3. The van der Waals surface area contributed by atoms with Crippen molar-refractivity contribution >= 4 is 10.9 Å². The van der Waals surface area contributed by atoms with Gasteiger partial charge in [0.1, 0.15) is 0 Å². The van der Waals surface area contributed by atoms with E-state index in [-0.39, 0.29) is 0 Å². The van der Waals surface area contributed by atoms with Gasteiger partial charge in [-0.2, -0.15) is 13.2 Å². The number of aromatic nitrogens is 1. The molecule has 0 bridgehead atoms. The van der Waals surface area contributed by atoms with E-state index >= 15 is 0 Å². The molecule has 1 heterocycles. The molecule has 2 aromatic rings. The number of nitrogens with two attached hydrogens (primary N) is 1. The van der Waals surface area contributed by atoms with Crippen LogP contribution in [0.5, 0.6) is 0 Å². The third-order valence-corrected chi connectivity index (χ3v) is 2.87. The van der Waals surface area contributed by atoms with Gasteiger partial charge in [0.2, 0.25) is 0 Å². The fourth-order valence-corrected chi connectivity index (χ4v) is 1.97.